The molecule has 0 spiro atoms. The van der Waals surface area contributed by atoms with Crippen LogP contribution in [-0.2, 0) is 14.8 Å². The van der Waals surface area contributed by atoms with E-state index in [0.717, 1.165) is 35.6 Å². The van der Waals surface area contributed by atoms with Gasteiger partial charge in [0.1, 0.15) is 0 Å². The molecule has 0 saturated heterocycles. The van der Waals surface area contributed by atoms with Gasteiger partial charge in [-0.15, -0.1) is 0 Å². The second-order valence-electron chi connectivity index (χ2n) is 5.48. The van der Waals surface area contributed by atoms with Crippen molar-refractivity contribution in [2.45, 2.75) is 44.4 Å². The second kappa shape index (κ2) is 8.90. The summed E-state index contributed by atoms with van der Waals surface area (Å²) in [5, 5.41) is 2.76. The summed E-state index contributed by atoms with van der Waals surface area (Å²) >= 11 is 0. The Labute approximate surface area is 133 Å². The van der Waals surface area contributed by atoms with Gasteiger partial charge in [0.15, 0.2) is 0 Å². The predicted molar refractivity (Wildman–Crippen MR) is 88.1 cm³/mol. The van der Waals surface area contributed by atoms with Crippen LogP contribution in [0.5, 0.6) is 0 Å². The average Bonchev–Trinajstić information content (AvgIpc) is 2.47. The number of nitrogens with one attached hydrogen (secondary N) is 1. The first kappa shape index (κ1) is 18.6. The van der Waals surface area contributed by atoms with Gasteiger partial charge in [-0.1, -0.05) is 43.9 Å². The molecular formula is C16H26N2O3S. The highest BCUT2D eigenvalue weighted by atomic mass is 32.2. The van der Waals surface area contributed by atoms with E-state index in [0.29, 0.717) is 6.54 Å². The Bertz CT molecular complexity index is 568. The van der Waals surface area contributed by atoms with Crippen molar-refractivity contribution < 1.29 is 13.2 Å². The molecule has 0 aromatic heterocycles. The van der Waals surface area contributed by atoms with Crippen molar-refractivity contribution in [1.29, 1.82) is 0 Å². The maximum Gasteiger partial charge on any atom is 0.243 e. The summed E-state index contributed by atoms with van der Waals surface area (Å²) in [5.74, 6) is -0.269. The van der Waals surface area contributed by atoms with Gasteiger partial charge in [0.25, 0.3) is 0 Å². The molecule has 5 nitrogen and oxygen atoms in total. The quantitative estimate of drug-likeness (QED) is 0.708. The first-order valence-corrected chi connectivity index (χ1v) is 9.11. The third-order valence-electron chi connectivity index (χ3n) is 3.45. The molecule has 0 aliphatic carbocycles. The molecule has 0 unspecified atom stereocenters. The number of hydrogen-bond donors (Lipinski definition) is 1. The zero-order valence-electron chi connectivity index (χ0n) is 13.6. The molecule has 0 saturated carbocycles. The van der Waals surface area contributed by atoms with Crippen molar-refractivity contribution >= 4 is 15.9 Å². The lowest BCUT2D eigenvalue weighted by Crippen LogP contribution is -2.38. The number of likely N-dealkylation sites (N-methyl/N-ethyl adjacent to an activating group) is 1. The third kappa shape index (κ3) is 5.77. The van der Waals surface area contributed by atoms with E-state index in [9.17, 15) is 13.2 Å². The molecule has 0 aliphatic rings. The smallest absolute Gasteiger partial charge is 0.243 e. The highest BCUT2D eigenvalue weighted by Crippen LogP contribution is 2.14. The van der Waals surface area contributed by atoms with Gasteiger partial charge >= 0.3 is 0 Å². The van der Waals surface area contributed by atoms with Gasteiger partial charge in [0, 0.05) is 13.6 Å². The normalized spacial score (nSPS) is 11.6. The maximum absolute atomic E-state index is 12.3. The second-order valence-corrected chi connectivity index (χ2v) is 7.53. The molecule has 22 heavy (non-hydrogen) atoms. The molecule has 0 bridgehead atoms. The number of sulfonamides is 1. The number of amides is 1. The Balaban J connectivity index is 2.51. The molecule has 0 atom stereocenters. The van der Waals surface area contributed by atoms with E-state index in [1.807, 2.05) is 6.92 Å². The SMILES string of the molecule is CCCCCCNC(=O)CN(C)S(=O)(=O)c1ccc(C)cc1. The molecule has 1 amide bonds. The van der Waals surface area contributed by atoms with Crippen LogP contribution < -0.4 is 5.32 Å². The maximum atomic E-state index is 12.3. The van der Waals surface area contributed by atoms with Crippen LogP contribution in [-0.4, -0.2) is 38.8 Å². The van der Waals surface area contributed by atoms with Crippen LogP contribution in [0.2, 0.25) is 0 Å². The van der Waals surface area contributed by atoms with Gasteiger partial charge < -0.3 is 5.32 Å². The largest absolute Gasteiger partial charge is 0.355 e. The van der Waals surface area contributed by atoms with Crippen LogP contribution >= 0.6 is 0 Å². The van der Waals surface area contributed by atoms with Crippen LogP contribution in [0.1, 0.15) is 38.2 Å². The van der Waals surface area contributed by atoms with Crippen LogP contribution in [0, 0.1) is 6.92 Å². The number of nitrogens with zero attached hydrogens (tertiary/aromatic N) is 1. The van der Waals surface area contributed by atoms with Crippen LogP contribution in [0.15, 0.2) is 29.2 Å². The van der Waals surface area contributed by atoms with Gasteiger partial charge in [-0.2, -0.15) is 4.31 Å². The van der Waals surface area contributed by atoms with Crippen molar-refractivity contribution in [2.24, 2.45) is 0 Å². The molecule has 124 valence electrons. The number of carbonyl (C=O) groups is 1. The van der Waals surface area contributed by atoms with E-state index in [2.05, 4.69) is 12.2 Å². The van der Waals surface area contributed by atoms with Gasteiger partial charge in [0.2, 0.25) is 15.9 Å². The zero-order valence-corrected chi connectivity index (χ0v) is 14.4. The van der Waals surface area contributed by atoms with Crippen LogP contribution in [0.4, 0.5) is 0 Å². The minimum Gasteiger partial charge on any atom is -0.355 e. The molecule has 0 heterocycles. The fourth-order valence-corrected chi connectivity index (χ4v) is 3.14. The molecular weight excluding hydrogens is 300 g/mol. The zero-order chi connectivity index (χ0) is 16.6. The van der Waals surface area contributed by atoms with Crippen molar-refractivity contribution in [1.82, 2.24) is 9.62 Å². The van der Waals surface area contributed by atoms with Gasteiger partial charge in [-0.25, -0.2) is 8.42 Å². The summed E-state index contributed by atoms with van der Waals surface area (Å²) in [6.45, 7) is 4.46. The minimum atomic E-state index is -3.62. The number of rotatable bonds is 9. The number of carbonyl (C=O) groups excluding carboxylic acids is 1. The summed E-state index contributed by atoms with van der Waals surface area (Å²) in [7, 11) is -2.20. The number of benzene rings is 1. The van der Waals surface area contributed by atoms with E-state index >= 15 is 0 Å². The minimum absolute atomic E-state index is 0.163. The predicted octanol–water partition coefficient (Wildman–Crippen LogP) is 2.31. The van der Waals surface area contributed by atoms with Crippen molar-refractivity contribution in [3.8, 4) is 0 Å². The van der Waals surface area contributed by atoms with E-state index < -0.39 is 10.0 Å². The first-order chi connectivity index (χ1) is 10.4. The Hall–Kier alpha value is -1.40. The lowest BCUT2D eigenvalue weighted by molar-refractivity contribution is -0.121. The topological polar surface area (TPSA) is 66.5 Å². The highest BCUT2D eigenvalue weighted by molar-refractivity contribution is 7.89. The third-order valence-corrected chi connectivity index (χ3v) is 5.27. The van der Waals surface area contributed by atoms with E-state index in [1.165, 1.54) is 7.05 Å². The fourth-order valence-electron chi connectivity index (χ4n) is 2.01. The fraction of sp³-hybridized carbons (Fsp3) is 0.562. The number of hydrogen-bond acceptors (Lipinski definition) is 3. The Kier molecular flexibility index (Phi) is 7.55. The highest BCUT2D eigenvalue weighted by Gasteiger charge is 2.22. The summed E-state index contributed by atoms with van der Waals surface area (Å²) < 4.78 is 25.8. The summed E-state index contributed by atoms with van der Waals surface area (Å²) in [4.78, 5) is 12.0. The van der Waals surface area contributed by atoms with Crippen molar-refractivity contribution in [3.63, 3.8) is 0 Å². The first-order valence-electron chi connectivity index (χ1n) is 7.67. The molecule has 0 radical (unpaired) electrons. The summed E-state index contributed by atoms with van der Waals surface area (Å²) in [5.41, 5.74) is 0.992. The Morgan fingerprint density at radius 2 is 1.77 bits per heavy atom. The van der Waals surface area contributed by atoms with Crippen LogP contribution in [0.25, 0.3) is 0 Å². The Morgan fingerprint density at radius 1 is 1.14 bits per heavy atom. The lowest BCUT2D eigenvalue weighted by Gasteiger charge is -2.17. The molecule has 1 aromatic carbocycles. The van der Waals surface area contributed by atoms with Gasteiger partial charge in [-0.3, -0.25) is 4.79 Å². The number of aryl methyl sites for hydroxylation is 1. The monoisotopic (exact) mass is 326 g/mol. The molecule has 1 rings (SSSR count). The van der Waals surface area contributed by atoms with Crippen molar-refractivity contribution in [2.75, 3.05) is 20.1 Å². The average molecular weight is 326 g/mol. The molecule has 0 fully saturated rings. The lowest BCUT2D eigenvalue weighted by atomic mass is 10.2. The molecule has 1 aromatic rings. The van der Waals surface area contributed by atoms with E-state index in [1.54, 1.807) is 24.3 Å². The summed E-state index contributed by atoms with van der Waals surface area (Å²) in [6.07, 6.45) is 4.30. The molecule has 6 heteroatoms. The number of unbranched alkanes of at least 4 members (excludes halogenated alkanes) is 3. The molecule has 1 N–H and O–H groups in total. The van der Waals surface area contributed by atoms with E-state index in [4.69, 9.17) is 0 Å². The van der Waals surface area contributed by atoms with Crippen LogP contribution in [0.3, 0.4) is 0 Å². The Morgan fingerprint density at radius 3 is 2.36 bits per heavy atom. The van der Waals surface area contributed by atoms with Gasteiger partial charge in [-0.05, 0) is 25.5 Å². The summed E-state index contributed by atoms with van der Waals surface area (Å²) in [6, 6.07) is 6.61. The van der Waals surface area contributed by atoms with Crippen molar-refractivity contribution in [3.05, 3.63) is 29.8 Å². The van der Waals surface area contributed by atoms with Gasteiger partial charge in [0.05, 0.1) is 11.4 Å². The van der Waals surface area contributed by atoms with E-state index in [-0.39, 0.29) is 17.3 Å². The standard InChI is InChI=1S/C16H26N2O3S/c1-4-5-6-7-12-17-16(19)13-18(3)22(20,21)15-10-8-14(2)9-11-15/h8-11H,4-7,12-13H2,1-3H3,(H,17,19). The molecule has 0 aliphatic heterocycles.